The molecule has 0 saturated carbocycles. The summed E-state index contributed by atoms with van der Waals surface area (Å²) >= 11 is 0. The molecule has 1 atom stereocenters. The van der Waals surface area contributed by atoms with Crippen LogP contribution in [-0.4, -0.2) is 86.1 Å². The van der Waals surface area contributed by atoms with Gasteiger partial charge >= 0.3 is 0 Å². The Labute approximate surface area is 164 Å². The minimum Gasteiger partial charge on any atom is -0.480 e. The number of amides is 1. The number of rotatable bonds is 4. The van der Waals surface area contributed by atoms with Gasteiger partial charge in [0, 0.05) is 32.0 Å². The van der Waals surface area contributed by atoms with Crippen LogP contribution in [0.4, 0.5) is 0 Å². The Morgan fingerprint density at radius 2 is 2.07 bits per heavy atom. The molecule has 0 bridgehead atoms. The van der Waals surface area contributed by atoms with Gasteiger partial charge in [0.15, 0.2) is 11.5 Å². The number of likely N-dealkylation sites (tertiary alicyclic amines) is 2. The van der Waals surface area contributed by atoms with Crippen molar-refractivity contribution in [2.24, 2.45) is 0 Å². The first-order chi connectivity index (χ1) is 13.5. The van der Waals surface area contributed by atoms with Crippen LogP contribution in [0.5, 0.6) is 5.88 Å². The SMILES string of the molecule is COc1ccc2nnc(C3CCN(CC4(O)CCCN(C(C)=O)C4)CC3)n2n1. The molecule has 2 aromatic heterocycles. The summed E-state index contributed by atoms with van der Waals surface area (Å²) < 4.78 is 7.00. The number of hydrogen-bond donors (Lipinski definition) is 1. The van der Waals surface area contributed by atoms with Crippen LogP contribution < -0.4 is 4.74 Å². The second kappa shape index (κ2) is 7.63. The second-order valence-electron chi connectivity index (χ2n) is 8.02. The van der Waals surface area contributed by atoms with Crippen molar-refractivity contribution < 1.29 is 14.6 Å². The van der Waals surface area contributed by atoms with E-state index in [9.17, 15) is 9.90 Å². The number of methoxy groups -OCH3 is 1. The van der Waals surface area contributed by atoms with E-state index in [1.165, 1.54) is 0 Å². The van der Waals surface area contributed by atoms with E-state index < -0.39 is 5.60 Å². The Morgan fingerprint density at radius 1 is 1.29 bits per heavy atom. The van der Waals surface area contributed by atoms with Crippen LogP contribution in [0, 0.1) is 0 Å². The minimum atomic E-state index is -0.812. The van der Waals surface area contributed by atoms with E-state index in [0.29, 0.717) is 19.0 Å². The van der Waals surface area contributed by atoms with E-state index in [1.54, 1.807) is 29.5 Å². The van der Waals surface area contributed by atoms with Gasteiger partial charge in [0.2, 0.25) is 11.8 Å². The van der Waals surface area contributed by atoms with Crippen LogP contribution in [0.2, 0.25) is 0 Å². The van der Waals surface area contributed by atoms with E-state index in [-0.39, 0.29) is 11.8 Å². The maximum Gasteiger partial charge on any atom is 0.231 e. The molecule has 1 unspecified atom stereocenters. The standard InChI is InChI=1S/C19H28N6O3/c1-14(26)24-9-3-8-19(27,13-24)12-23-10-6-15(7-11-23)18-21-20-16-4-5-17(28-2)22-25(16)18/h4-5,15,27H,3,6-13H2,1-2H3. The lowest BCUT2D eigenvalue weighted by atomic mass is 9.90. The Kier molecular flexibility index (Phi) is 5.20. The summed E-state index contributed by atoms with van der Waals surface area (Å²) in [5.41, 5.74) is -0.0909. The third-order valence-electron chi connectivity index (χ3n) is 5.94. The Bertz CT molecular complexity index is 847. The van der Waals surface area contributed by atoms with Crippen molar-refractivity contribution in [3.63, 3.8) is 0 Å². The smallest absolute Gasteiger partial charge is 0.231 e. The predicted octanol–water partition coefficient (Wildman–Crippen LogP) is 0.686. The number of hydrogen-bond acceptors (Lipinski definition) is 7. The van der Waals surface area contributed by atoms with Crippen molar-refractivity contribution >= 4 is 11.6 Å². The molecule has 28 heavy (non-hydrogen) atoms. The fraction of sp³-hybridized carbons (Fsp3) is 0.684. The summed E-state index contributed by atoms with van der Waals surface area (Å²) in [4.78, 5) is 15.7. The number of β-amino-alcohol motifs (C(OH)–C–C–N with tert-alkyl or cyclic N) is 1. The van der Waals surface area contributed by atoms with Crippen molar-refractivity contribution in [1.29, 1.82) is 0 Å². The number of piperidine rings is 2. The Balaban J connectivity index is 1.39. The van der Waals surface area contributed by atoms with Gasteiger partial charge in [-0.1, -0.05) is 0 Å². The summed E-state index contributed by atoms with van der Waals surface area (Å²) in [7, 11) is 1.60. The summed E-state index contributed by atoms with van der Waals surface area (Å²) in [6, 6.07) is 3.64. The van der Waals surface area contributed by atoms with Crippen LogP contribution in [0.25, 0.3) is 5.65 Å². The minimum absolute atomic E-state index is 0.0402. The second-order valence-corrected chi connectivity index (χ2v) is 8.02. The van der Waals surface area contributed by atoms with Crippen molar-refractivity contribution in [3.8, 4) is 5.88 Å². The van der Waals surface area contributed by atoms with Crippen LogP contribution in [0.1, 0.15) is 44.3 Å². The molecule has 0 radical (unpaired) electrons. The van der Waals surface area contributed by atoms with Crippen molar-refractivity contribution in [1.82, 2.24) is 29.6 Å². The van der Waals surface area contributed by atoms with Crippen molar-refractivity contribution in [3.05, 3.63) is 18.0 Å². The highest BCUT2D eigenvalue weighted by Gasteiger charge is 2.37. The molecule has 4 heterocycles. The lowest BCUT2D eigenvalue weighted by Gasteiger charge is -2.43. The zero-order chi connectivity index (χ0) is 19.7. The molecule has 2 aliphatic heterocycles. The average Bonchev–Trinajstić information content (AvgIpc) is 3.11. The molecule has 0 aromatic carbocycles. The number of nitrogens with zero attached hydrogens (tertiary/aromatic N) is 6. The van der Waals surface area contributed by atoms with Gasteiger partial charge in [0.05, 0.1) is 19.3 Å². The fourth-order valence-corrected chi connectivity index (χ4v) is 4.43. The topological polar surface area (TPSA) is 96.1 Å². The van der Waals surface area contributed by atoms with Crippen LogP contribution >= 0.6 is 0 Å². The molecule has 9 nitrogen and oxygen atoms in total. The lowest BCUT2D eigenvalue weighted by molar-refractivity contribution is -0.137. The molecule has 1 N–H and O–H groups in total. The quantitative estimate of drug-likeness (QED) is 0.823. The summed E-state index contributed by atoms with van der Waals surface area (Å²) in [5, 5.41) is 24.0. The van der Waals surface area contributed by atoms with Gasteiger partial charge in [-0.25, -0.2) is 0 Å². The average molecular weight is 388 g/mol. The molecular weight excluding hydrogens is 360 g/mol. The van der Waals surface area contributed by atoms with E-state index in [4.69, 9.17) is 4.74 Å². The molecule has 1 amide bonds. The van der Waals surface area contributed by atoms with E-state index in [2.05, 4.69) is 20.2 Å². The van der Waals surface area contributed by atoms with Gasteiger partial charge in [-0.3, -0.25) is 4.79 Å². The monoisotopic (exact) mass is 388 g/mol. The molecule has 9 heteroatoms. The highest BCUT2D eigenvalue weighted by atomic mass is 16.5. The maximum absolute atomic E-state index is 11.7. The zero-order valence-corrected chi connectivity index (χ0v) is 16.5. The number of aliphatic hydroxyl groups is 1. The maximum atomic E-state index is 11.7. The third kappa shape index (κ3) is 3.81. The predicted molar refractivity (Wildman–Crippen MR) is 102 cm³/mol. The highest BCUT2D eigenvalue weighted by Crippen LogP contribution is 2.29. The molecular formula is C19H28N6O3. The molecule has 152 valence electrons. The van der Waals surface area contributed by atoms with Crippen molar-refractivity contribution in [2.75, 3.05) is 39.8 Å². The number of fused-ring (bicyclic) bond motifs is 1. The van der Waals surface area contributed by atoms with E-state index >= 15 is 0 Å². The number of aromatic nitrogens is 4. The highest BCUT2D eigenvalue weighted by molar-refractivity contribution is 5.73. The fourth-order valence-electron chi connectivity index (χ4n) is 4.43. The summed E-state index contributed by atoms with van der Waals surface area (Å²) in [6.07, 6.45) is 3.47. The number of ether oxygens (including phenoxy) is 1. The van der Waals surface area contributed by atoms with E-state index in [1.807, 2.05) is 6.07 Å². The zero-order valence-electron chi connectivity index (χ0n) is 16.5. The molecule has 0 spiro atoms. The largest absolute Gasteiger partial charge is 0.480 e. The van der Waals surface area contributed by atoms with Crippen LogP contribution in [0.15, 0.2) is 12.1 Å². The normalized spacial score (nSPS) is 24.6. The van der Waals surface area contributed by atoms with Crippen molar-refractivity contribution in [2.45, 2.75) is 44.1 Å². The first kappa shape index (κ1) is 19.1. The van der Waals surface area contributed by atoms with Gasteiger partial charge in [-0.05, 0) is 44.8 Å². The molecule has 2 fully saturated rings. The summed E-state index contributed by atoms with van der Waals surface area (Å²) in [5.74, 6) is 1.73. The molecule has 4 rings (SSSR count). The number of carbonyl (C=O) groups excluding carboxylic acids is 1. The molecule has 2 aromatic rings. The Hall–Kier alpha value is -2.26. The van der Waals surface area contributed by atoms with Gasteiger partial charge < -0.3 is 19.6 Å². The number of carbonyl (C=O) groups is 1. The first-order valence-electron chi connectivity index (χ1n) is 9.94. The van der Waals surface area contributed by atoms with Gasteiger partial charge in [-0.15, -0.1) is 15.3 Å². The molecule has 0 aliphatic carbocycles. The first-order valence-corrected chi connectivity index (χ1v) is 9.94. The molecule has 2 saturated heterocycles. The lowest BCUT2D eigenvalue weighted by Crippen LogP contribution is -2.56. The van der Waals surface area contributed by atoms with Gasteiger partial charge in [0.25, 0.3) is 0 Å². The Morgan fingerprint density at radius 3 is 2.79 bits per heavy atom. The van der Waals surface area contributed by atoms with E-state index in [0.717, 1.165) is 56.8 Å². The third-order valence-corrected chi connectivity index (χ3v) is 5.94. The van der Waals surface area contributed by atoms with Crippen LogP contribution in [-0.2, 0) is 4.79 Å². The summed E-state index contributed by atoms with van der Waals surface area (Å²) in [6.45, 7) is 5.12. The van der Waals surface area contributed by atoms with Gasteiger partial charge in [0.1, 0.15) is 0 Å². The van der Waals surface area contributed by atoms with Crippen LogP contribution in [0.3, 0.4) is 0 Å². The van der Waals surface area contributed by atoms with Gasteiger partial charge in [-0.2, -0.15) is 4.52 Å². The molecule has 2 aliphatic rings.